The number of fused-ring (bicyclic) bond motifs is 1. The maximum Gasteiger partial charge on any atom is 0.200 e. The zero-order valence-electron chi connectivity index (χ0n) is 7.28. The van der Waals surface area contributed by atoms with Crippen molar-refractivity contribution in [1.29, 1.82) is 0 Å². The van der Waals surface area contributed by atoms with Gasteiger partial charge in [0, 0.05) is 10.9 Å². The standard InChI is InChI=1S/C8H10N3O2P/c9-3-1-2(5(11)6(3)12)8(14)7(13)4(1)10/h4-5H,9-11,14H2. The van der Waals surface area contributed by atoms with Crippen molar-refractivity contribution in [3.05, 3.63) is 22.2 Å². The van der Waals surface area contributed by atoms with Crippen LogP contribution in [0.2, 0.25) is 0 Å². The van der Waals surface area contributed by atoms with Gasteiger partial charge in [0.15, 0.2) is 11.6 Å². The zero-order valence-corrected chi connectivity index (χ0v) is 8.44. The summed E-state index contributed by atoms with van der Waals surface area (Å²) in [5.41, 5.74) is 17.7. The molecule has 0 bridgehead atoms. The van der Waals surface area contributed by atoms with Gasteiger partial charge in [-0.25, -0.2) is 0 Å². The van der Waals surface area contributed by atoms with E-state index in [1.807, 2.05) is 0 Å². The average molecular weight is 211 g/mol. The van der Waals surface area contributed by atoms with Crippen LogP contribution >= 0.6 is 9.24 Å². The Kier molecular flexibility index (Phi) is 1.86. The number of rotatable bonds is 0. The van der Waals surface area contributed by atoms with Gasteiger partial charge >= 0.3 is 0 Å². The molecule has 2 aliphatic carbocycles. The van der Waals surface area contributed by atoms with Crippen molar-refractivity contribution in [2.75, 3.05) is 0 Å². The molecule has 2 aliphatic rings. The maximum atomic E-state index is 11.5. The molecule has 0 saturated carbocycles. The van der Waals surface area contributed by atoms with Crippen LogP contribution in [-0.2, 0) is 9.59 Å². The SMILES string of the molecule is NC1=C2C(=C(P)C(=O)C2N)C(N)C1=O. The van der Waals surface area contributed by atoms with Gasteiger partial charge in [0.05, 0.1) is 17.8 Å². The third kappa shape index (κ3) is 0.892. The summed E-state index contributed by atoms with van der Waals surface area (Å²) < 4.78 is 0. The number of carbonyl (C=O) groups excluding carboxylic acids is 2. The van der Waals surface area contributed by atoms with Crippen LogP contribution in [0.1, 0.15) is 0 Å². The first-order chi connectivity index (χ1) is 6.46. The zero-order chi connectivity index (χ0) is 10.6. The van der Waals surface area contributed by atoms with E-state index in [4.69, 9.17) is 17.2 Å². The van der Waals surface area contributed by atoms with Crippen molar-refractivity contribution in [2.45, 2.75) is 12.1 Å². The molecule has 0 heterocycles. The maximum absolute atomic E-state index is 11.5. The van der Waals surface area contributed by atoms with E-state index in [-0.39, 0.29) is 17.3 Å². The molecule has 3 atom stereocenters. The van der Waals surface area contributed by atoms with Crippen molar-refractivity contribution >= 4 is 20.8 Å². The van der Waals surface area contributed by atoms with Gasteiger partial charge < -0.3 is 17.2 Å². The second-order valence-corrected chi connectivity index (χ2v) is 3.92. The quantitative estimate of drug-likeness (QED) is 0.407. The predicted octanol–water partition coefficient (Wildman–Crippen LogP) is -1.85. The molecule has 74 valence electrons. The molecule has 0 spiro atoms. The largest absolute Gasteiger partial charge is 0.395 e. The topological polar surface area (TPSA) is 112 Å². The summed E-state index contributed by atoms with van der Waals surface area (Å²) in [5, 5.41) is 0.383. The Hall–Kier alpha value is -1.03. The highest BCUT2D eigenvalue weighted by Gasteiger charge is 2.45. The van der Waals surface area contributed by atoms with Crippen LogP contribution < -0.4 is 17.2 Å². The number of hydrogen-bond donors (Lipinski definition) is 3. The van der Waals surface area contributed by atoms with Crippen molar-refractivity contribution in [3.63, 3.8) is 0 Å². The monoisotopic (exact) mass is 211 g/mol. The molecule has 0 amide bonds. The lowest BCUT2D eigenvalue weighted by atomic mass is 10.1. The molecule has 14 heavy (non-hydrogen) atoms. The van der Waals surface area contributed by atoms with E-state index < -0.39 is 12.1 Å². The molecule has 0 aromatic carbocycles. The minimum Gasteiger partial charge on any atom is -0.395 e. The number of hydrogen-bond acceptors (Lipinski definition) is 5. The van der Waals surface area contributed by atoms with E-state index in [1.165, 1.54) is 0 Å². The molecule has 0 radical (unpaired) electrons. The van der Waals surface area contributed by atoms with E-state index in [2.05, 4.69) is 9.24 Å². The second kappa shape index (κ2) is 2.73. The van der Waals surface area contributed by atoms with Gasteiger partial charge in [-0.3, -0.25) is 9.59 Å². The third-order valence-electron chi connectivity index (χ3n) is 2.59. The van der Waals surface area contributed by atoms with E-state index in [0.717, 1.165) is 0 Å². The molecule has 0 aromatic rings. The van der Waals surface area contributed by atoms with Crippen molar-refractivity contribution in [2.24, 2.45) is 17.2 Å². The van der Waals surface area contributed by atoms with E-state index in [0.29, 0.717) is 16.5 Å². The highest BCUT2D eigenvalue weighted by Crippen LogP contribution is 2.39. The Bertz CT molecular complexity index is 384. The number of Topliss-reactive ketones (excluding diaryl/α,β-unsaturated/α-hetero) is 2. The normalized spacial score (nSPS) is 31.9. The van der Waals surface area contributed by atoms with E-state index >= 15 is 0 Å². The first-order valence-electron chi connectivity index (χ1n) is 4.06. The number of ketones is 2. The minimum atomic E-state index is -0.824. The summed E-state index contributed by atoms with van der Waals surface area (Å²) in [7, 11) is 2.27. The van der Waals surface area contributed by atoms with Crippen LogP contribution in [0.25, 0.3) is 0 Å². The lowest BCUT2D eigenvalue weighted by molar-refractivity contribution is -0.115. The van der Waals surface area contributed by atoms with Crippen LogP contribution in [0, 0.1) is 0 Å². The Labute approximate surface area is 82.6 Å². The molecule has 2 rings (SSSR count). The molecular formula is C8H10N3O2P. The van der Waals surface area contributed by atoms with E-state index in [1.54, 1.807) is 0 Å². The Morgan fingerprint density at radius 2 is 1.50 bits per heavy atom. The molecular weight excluding hydrogens is 201 g/mol. The van der Waals surface area contributed by atoms with Gasteiger partial charge in [0.25, 0.3) is 0 Å². The molecule has 0 aromatic heterocycles. The smallest absolute Gasteiger partial charge is 0.200 e. The van der Waals surface area contributed by atoms with Gasteiger partial charge in [0.1, 0.15) is 0 Å². The van der Waals surface area contributed by atoms with E-state index in [9.17, 15) is 9.59 Å². The molecule has 6 N–H and O–H groups in total. The van der Waals surface area contributed by atoms with Crippen LogP contribution in [0.3, 0.4) is 0 Å². The summed E-state index contributed by atoms with van der Waals surface area (Å²) in [5.74, 6) is -0.580. The molecule has 5 nitrogen and oxygen atoms in total. The first kappa shape index (κ1) is 9.52. The third-order valence-corrected chi connectivity index (χ3v) is 3.18. The van der Waals surface area contributed by atoms with Gasteiger partial charge in [-0.2, -0.15) is 0 Å². The first-order valence-corrected chi connectivity index (χ1v) is 4.63. The van der Waals surface area contributed by atoms with Crippen LogP contribution in [0.4, 0.5) is 0 Å². The lowest BCUT2D eigenvalue weighted by Gasteiger charge is -2.03. The Morgan fingerprint density at radius 1 is 1.00 bits per heavy atom. The second-order valence-electron chi connectivity index (χ2n) is 3.34. The lowest BCUT2D eigenvalue weighted by Crippen LogP contribution is -2.31. The Balaban J connectivity index is 2.68. The molecule has 3 unspecified atom stereocenters. The molecule has 0 saturated heterocycles. The van der Waals surface area contributed by atoms with Gasteiger partial charge in [-0.1, -0.05) is 0 Å². The summed E-state index contributed by atoms with van der Waals surface area (Å²) in [6.07, 6.45) is 0. The molecule has 0 fully saturated rings. The van der Waals surface area contributed by atoms with Crippen molar-refractivity contribution < 1.29 is 9.59 Å². The molecule has 0 aliphatic heterocycles. The van der Waals surface area contributed by atoms with Gasteiger partial charge in [-0.15, -0.1) is 9.24 Å². The predicted molar refractivity (Wildman–Crippen MR) is 53.9 cm³/mol. The van der Waals surface area contributed by atoms with Crippen molar-refractivity contribution in [1.82, 2.24) is 0 Å². The fourth-order valence-corrected chi connectivity index (χ4v) is 2.34. The number of carbonyl (C=O) groups is 2. The summed E-state index contributed by atoms with van der Waals surface area (Å²) in [6.45, 7) is 0. The highest BCUT2D eigenvalue weighted by molar-refractivity contribution is 7.25. The van der Waals surface area contributed by atoms with Crippen molar-refractivity contribution in [3.8, 4) is 0 Å². The summed E-state index contributed by atoms with van der Waals surface area (Å²) in [4.78, 5) is 22.9. The van der Waals surface area contributed by atoms with Crippen LogP contribution in [0.5, 0.6) is 0 Å². The van der Waals surface area contributed by atoms with Crippen LogP contribution in [0.15, 0.2) is 22.2 Å². The Morgan fingerprint density at radius 3 is 2.00 bits per heavy atom. The fraction of sp³-hybridized carbons (Fsp3) is 0.250. The molecule has 6 heteroatoms. The average Bonchev–Trinajstić information content (AvgIpc) is 2.51. The summed E-state index contributed by atoms with van der Waals surface area (Å²) >= 11 is 0. The van der Waals surface area contributed by atoms with Crippen LogP contribution in [-0.4, -0.2) is 23.7 Å². The van der Waals surface area contributed by atoms with Gasteiger partial charge in [-0.05, 0) is 5.57 Å². The highest BCUT2D eigenvalue weighted by atomic mass is 31.0. The minimum absolute atomic E-state index is 0.0331. The van der Waals surface area contributed by atoms with Gasteiger partial charge in [0.2, 0.25) is 0 Å². The summed E-state index contributed by atoms with van der Waals surface area (Å²) in [6, 6.07) is -1.65. The fourth-order valence-electron chi connectivity index (χ4n) is 1.82. The number of nitrogens with two attached hydrogens (primary N) is 3.